The van der Waals surface area contributed by atoms with Crippen molar-refractivity contribution >= 4 is 21.6 Å². The lowest BCUT2D eigenvalue weighted by atomic mass is 10.0. The summed E-state index contributed by atoms with van der Waals surface area (Å²) in [6, 6.07) is 6.37. The maximum absolute atomic E-state index is 10.6. The Bertz CT molecular complexity index is 444. The Morgan fingerprint density at radius 1 is 1.35 bits per heavy atom. The van der Waals surface area contributed by atoms with E-state index >= 15 is 0 Å². The molecule has 0 radical (unpaired) electrons. The normalized spacial score (nSPS) is 17.4. The SMILES string of the molecule is CCNCc1ccc(Br)cc1N(C)CC1(O)CCCC1. The largest absolute Gasteiger partial charge is 0.388 e. The van der Waals surface area contributed by atoms with E-state index in [1.165, 1.54) is 11.3 Å². The van der Waals surface area contributed by atoms with Gasteiger partial charge in [0, 0.05) is 30.3 Å². The van der Waals surface area contributed by atoms with Crippen molar-refractivity contribution in [1.82, 2.24) is 5.32 Å². The van der Waals surface area contributed by atoms with Crippen molar-refractivity contribution in [3.63, 3.8) is 0 Å². The summed E-state index contributed by atoms with van der Waals surface area (Å²) in [6.07, 6.45) is 4.14. The molecule has 0 unspecified atom stereocenters. The van der Waals surface area contributed by atoms with Gasteiger partial charge in [-0.2, -0.15) is 0 Å². The van der Waals surface area contributed by atoms with Crippen LogP contribution in [0.15, 0.2) is 22.7 Å². The fourth-order valence-electron chi connectivity index (χ4n) is 3.02. The van der Waals surface area contributed by atoms with Crippen LogP contribution < -0.4 is 10.2 Å². The van der Waals surface area contributed by atoms with Crippen LogP contribution in [0.4, 0.5) is 5.69 Å². The number of anilines is 1. The van der Waals surface area contributed by atoms with Crippen LogP contribution >= 0.6 is 15.9 Å². The number of likely N-dealkylation sites (N-methyl/N-ethyl adjacent to an activating group) is 1. The molecule has 112 valence electrons. The van der Waals surface area contributed by atoms with E-state index in [4.69, 9.17) is 0 Å². The van der Waals surface area contributed by atoms with Gasteiger partial charge in [0.15, 0.2) is 0 Å². The van der Waals surface area contributed by atoms with Crippen molar-refractivity contribution in [3.05, 3.63) is 28.2 Å². The molecule has 0 atom stereocenters. The molecule has 1 aromatic rings. The quantitative estimate of drug-likeness (QED) is 0.833. The molecule has 0 bridgehead atoms. The number of aliphatic hydroxyl groups is 1. The summed E-state index contributed by atoms with van der Waals surface area (Å²) < 4.78 is 1.08. The topological polar surface area (TPSA) is 35.5 Å². The third kappa shape index (κ3) is 3.96. The average Bonchev–Trinajstić information content (AvgIpc) is 2.83. The third-order valence-electron chi connectivity index (χ3n) is 4.09. The van der Waals surface area contributed by atoms with Gasteiger partial charge in [-0.05, 0) is 37.1 Å². The number of benzene rings is 1. The Morgan fingerprint density at radius 3 is 2.70 bits per heavy atom. The van der Waals surface area contributed by atoms with E-state index in [0.29, 0.717) is 6.54 Å². The van der Waals surface area contributed by atoms with Crippen LogP contribution in [0.3, 0.4) is 0 Å². The van der Waals surface area contributed by atoms with Crippen molar-refractivity contribution < 1.29 is 5.11 Å². The zero-order chi connectivity index (χ0) is 14.6. The van der Waals surface area contributed by atoms with Crippen LogP contribution in [0.1, 0.15) is 38.2 Å². The second kappa shape index (κ2) is 6.92. The van der Waals surface area contributed by atoms with Crippen molar-refractivity contribution in [2.24, 2.45) is 0 Å². The van der Waals surface area contributed by atoms with E-state index in [0.717, 1.165) is 43.2 Å². The maximum atomic E-state index is 10.6. The van der Waals surface area contributed by atoms with Crippen molar-refractivity contribution in [2.75, 3.05) is 25.0 Å². The lowest BCUT2D eigenvalue weighted by Crippen LogP contribution is -2.39. The first-order valence-corrected chi connectivity index (χ1v) is 8.26. The summed E-state index contributed by atoms with van der Waals surface area (Å²) in [5.41, 5.74) is 1.96. The van der Waals surface area contributed by atoms with E-state index in [2.05, 4.69) is 58.3 Å². The molecule has 4 heteroatoms. The predicted octanol–water partition coefficient (Wildman–Crippen LogP) is 3.30. The van der Waals surface area contributed by atoms with Gasteiger partial charge in [0.2, 0.25) is 0 Å². The van der Waals surface area contributed by atoms with E-state index in [9.17, 15) is 5.11 Å². The molecule has 0 aromatic heterocycles. The lowest BCUT2D eigenvalue weighted by Gasteiger charge is -2.31. The van der Waals surface area contributed by atoms with Crippen LogP contribution in [0.5, 0.6) is 0 Å². The van der Waals surface area contributed by atoms with Crippen LogP contribution in [-0.4, -0.2) is 30.8 Å². The molecule has 20 heavy (non-hydrogen) atoms. The Hall–Kier alpha value is -0.580. The van der Waals surface area contributed by atoms with Crippen LogP contribution in [0.25, 0.3) is 0 Å². The van der Waals surface area contributed by atoms with Crippen molar-refractivity contribution in [1.29, 1.82) is 0 Å². The fourth-order valence-corrected chi connectivity index (χ4v) is 3.37. The van der Waals surface area contributed by atoms with E-state index in [1.807, 2.05) is 0 Å². The van der Waals surface area contributed by atoms with Gasteiger partial charge in [-0.3, -0.25) is 0 Å². The number of nitrogens with zero attached hydrogens (tertiary/aromatic N) is 1. The molecule has 0 heterocycles. The first-order valence-electron chi connectivity index (χ1n) is 7.47. The zero-order valence-corrected chi connectivity index (χ0v) is 14.0. The Labute approximate surface area is 130 Å². The molecule has 0 spiro atoms. The van der Waals surface area contributed by atoms with Gasteiger partial charge in [0.05, 0.1) is 5.60 Å². The highest BCUT2D eigenvalue weighted by atomic mass is 79.9. The highest BCUT2D eigenvalue weighted by Crippen LogP contribution is 2.32. The maximum Gasteiger partial charge on any atom is 0.0821 e. The molecule has 1 fully saturated rings. The molecule has 1 aliphatic rings. The standard InChI is InChI=1S/C16H25BrN2O/c1-3-18-11-13-6-7-14(17)10-15(13)19(2)12-16(20)8-4-5-9-16/h6-7,10,18,20H,3-5,8-9,11-12H2,1-2H3. The molecule has 2 rings (SSSR count). The van der Waals surface area contributed by atoms with E-state index in [-0.39, 0.29) is 0 Å². The average molecular weight is 341 g/mol. The summed E-state index contributed by atoms with van der Waals surface area (Å²) in [6.45, 7) is 4.65. The van der Waals surface area contributed by atoms with Crippen molar-refractivity contribution in [2.45, 2.75) is 44.8 Å². The molecular formula is C16H25BrN2O. The fraction of sp³-hybridized carbons (Fsp3) is 0.625. The van der Waals surface area contributed by atoms with Crippen molar-refractivity contribution in [3.8, 4) is 0 Å². The monoisotopic (exact) mass is 340 g/mol. The second-order valence-corrected chi connectivity index (χ2v) is 6.76. The minimum absolute atomic E-state index is 0.507. The van der Waals surface area contributed by atoms with Gasteiger partial charge < -0.3 is 15.3 Å². The molecule has 0 aliphatic heterocycles. The summed E-state index contributed by atoms with van der Waals surface area (Å²) in [7, 11) is 2.08. The molecule has 1 aliphatic carbocycles. The minimum Gasteiger partial charge on any atom is -0.388 e. The zero-order valence-electron chi connectivity index (χ0n) is 12.5. The van der Waals surface area contributed by atoms with Gasteiger partial charge in [-0.15, -0.1) is 0 Å². The van der Waals surface area contributed by atoms with Gasteiger partial charge in [-0.1, -0.05) is 41.8 Å². The van der Waals surface area contributed by atoms with Gasteiger partial charge in [0.25, 0.3) is 0 Å². The summed E-state index contributed by atoms with van der Waals surface area (Å²) >= 11 is 3.55. The van der Waals surface area contributed by atoms with Crippen LogP contribution in [0.2, 0.25) is 0 Å². The molecule has 0 amide bonds. The van der Waals surface area contributed by atoms with E-state index in [1.54, 1.807) is 0 Å². The molecular weight excluding hydrogens is 316 g/mol. The minimum atomic E-state index is -0.507. The molecule has 0 saturated heterocycles. The number of rotatable bonds is 6. The predicted molar refractivity (Wildman–Crippen MR) is 88.2 cm³/mol. The number of hydrogen-bond acceptors (Lipinski definition) is 3. The first kappa shape index (κ1) is 15.8. The number of hydrogen-bond donors (Lipinski definition) is 2. The molecule has 3 nitrogen and oxygen atoms in total. The molecule has 2 N–H and O–H groups in total. The Balaban J connectivity index is 2.14. The highest BCUT2D eigenvalue weighted by Gasteiger charge is 2.32. The van der Waals surface area contributed by atoms with Gasteiger partial charge in [0.1, 0.15) is 0 Å². The Kier molecular flexibility index (Phi) is 5.47. The summed E-state index contributed by atoms with van der Waals surface area (Å²) in [4.78, 5) is 2.20. The Morgan fingerprint density at radius 2 is 2.05 bits per heavy atom. The lowest BCUT2D eigenvalue weighted by molar-refractivity contribution is 0.0559. The summed E-state index contributed by atoms with van der Waals surface area (Å²) in [5.74, 6) is 0. The molecule has 1 aromatic carbocycles. The smallest absolute Gasteiger partial charge is 0.0821 e. The second-order valence-electron chi connectivity index (χ2n) is 5.84. The first-order chi connectivity index (χ1) is 9.54. The van der Waals surface area contributed by atoms with Gasteiger partial charge in [-0.25, -0.2) is 0 Å². The highest BCUT2D eigenvalue weighted by molar-refractivity contribution is 9.10. The summed E-state index contributed by atoms with van der Waals surface area (Å²) in [5, 5.41) is 14.0. The number of nitrogens with one attached hydrogen (secondary N) is 1. The van der Waals surface area contributed by atoms with E-state index < -0.39 is 5.60 Å². The number of halogens is 1. The molecule has 1 saturated carbocycles. The third-order valence-corrected chi connectivity index (χ3v) is 4.58. The van der Waals surface area contributed by atoms with Gasteiger partial charge >= 0.3 is 0 Å². The van der Waals surface area contributed by atoms with Crippen LogP contribution in [-0.2, 0) is 6.54 Å². The van der Waals surface area contributed by atoms with Crippen LogP contribution in [0, 0.1) is 0 Å².